The van der Waals surface area contributed by atoms with Gasteiger partial charge in [0.2, 0.25) is 0 Å². The van der Waals surface area contributed by atoms with Crippen molar-refractivity contribution in [2.75, 3.05) is 13.2 Å². The van der Waals surface area contributed by atoms with E-state index in [0.29, 0.717) is 11.3 Å². The molecule has 3 rings (SSSR count). The van der Waals surface area contributed by atoms with Gasteiger partial charge in [-0.05, 0) is 50.8 Å². The van der Waals surface area contributed by atoms with Crippen molar-refractivity contribution in [3.05, 3.63) is 65.2 Å². The van der Waals surface area contributed by atoms with E-state index >= 15 is 0 Å². The molecule has 0 saturated carbocycles. The van der Waals surface area contributed by atoms with Crippen molar-refractivity contribution in [2.24, 2.45) is 0 Å². The molecule has 136 valence electrons. The molecule has 1 amide bonds. The number of carbonyl (C=O) groups excluding carboxylic acids is 2. The fraction of sp³-hybridized carbons (Fsp3) is 0.364. The van der Waals surface area contributed by atoms with Gasteiger partial charge in [0.1, 0.15) is 5.75 Å². The SMILES string of the molecule is CC(=O)c1cccc(OCC(=O)N2CCCC2Cc2ccc(C)cc2)c1. The van der Waals surface area contributed by atoms with Crippen molar-refractivity contribution in [2.45, 2.75) is 39.2 Å². The van der Waals surface area contributed by atoms with Gasteiger partial charge in [0.15, 0.2) is 12.4 Å². The van der Waals surface area contributed by atoms with E-state index in [2.05, 4.69) is 31.2 Å². The molecule has 0 N–H and O–H groups in total. The Labute approximate surface area is 154 Å². The van der Waals surface area contributed by atoms with Crippen LogP contribution in [0, 0.1) is 6.92 Å². The lowest BCUT2D eigenvalue weighted by molar-refractivity contribution is -0.134. The summed E-state index contributed by atoms with van der Waals surface area (Å²) in [6.45, 7) is 4.38. The highest BCUT2D eigenvalue weighted by Crippen LogP contribution is 2.22. The highest BCUT2D eigenvalue weighted by molar-refractivity contribution is 5.94. The molecule has 1 fully saturated rings. The normalized spacial score (nSPS) is 16.5. The molecule has 0 radical (unpaired) electrons. The first kappa shape index (κ1) is 18.2. The van der Waals surface area contributed by atoms with Crippen LogP contribution in [0.1, 0.15) is 41.3 Å². The molecular formula is C22H25NO3. The third-order valence-corrected chi connectivity index (χ3v) is 4.89. The Morgan fingerprint density at radius 2 is 1.92 bits per heavy atom. The van der Waals surface area contributed by atoms with Crippen LogP contribution in [0.5, 0.6) is 5.75 Å². The Kier molecular flexibility index (Phi) is 5.71. The Hall–Kier alpha value is -2.62. The summed E-state index contributed by atoms with van der Waals surface area (Å²) in [7, 11) is 0. The van der Waals surface area contributed by atoms with Gasteiger partial charge < -0.3 is 9.64 Å². The standard InChI is InChI=1S/C22H25NO3/c1-16-8-10-18(11-9-16)13-20-6-4-12-23(20)22(25)15-26-21-7-3-5-19(14-21)17(2)24/h3,5,7-11,14,20H,4,6,12-13,15H2,1-2H3. The monoisotopic (exact) mass is 351 g/mol. The maximum absolute atomic E-state index is 12.6. The van der Waals surface area contributed by atoms with Crippen LogP contribution in [0.2, 0.25) is 0 Å². The van der Waals surface area contributed by atoms with Crippen LogP contribution in [0.3, 0.4) is 0 Å². The number of likely N-dealkylation sites (tertiary alicyclic amines) is 1. The highest BCUT2D eigenvalue weighted by Gasteiger charge is 2.28. The molecule has 4 nitrogen and oxygen atoms in total. The van der Waals surface area contributed by atoms with Crippen LogP contribution in [-0.2, 0) is 11.2 Å². The van der Waals surface area contributed by atoms with E-state index in [1.165, 1.54) is 18.1 Å². The van der Waals surface area contributed by atoms with Gasteiger partial charge in [0.05, 0.1) is 0 Å². The Balaban J connectivity index is 1.58. The Morgan fingerprint density at radius 1 is 1.15 bits per heavy atom. The molecule has 1 unspecified atom stereocenters. The minimum Gasteiger partial charge on any atom is -0.484 e. The molecule has 0 spiro atoms. The maximum Gasteiger partial charge on any atom is 0.260 e. The average Bonchev–Trinajstić information content (AvgIpc) is 3.10. The summed E-state index contributed by atoms with van der Waals surface area (Å²) < 4.78 is 5.64. The zero-order valence-corrected chi connectivity index (χ0v) is 15.4. The van der Waals surface area contributed by atoms with Gasteiger partial charge in [0.25, 0.3) is 5.91 Å². The number of Topliss-reactive ketones (excluding diaryl/α,β-unsaturated/α-hetero) is 1. The molecule has 1 saturated heterocycles. The van der Waals surface area contributed by atoms with E-state index in [-0.39, 0.29) is 24.3 Å². The minimum atomic E-state index is -0.0144. The predicted octanol–water partition coefficient (Wildman–Crippen LogP) is 3.81. The van der Waals surface area contributed by atoms with Crippen LogP contribution >= 0.6 is 0 Å². The Bertz CT molecular complexity index is 782. The van der Waals surface area contributed by atoms with Crippen LogP contribution < -0.4 is 4.74 Å². The van der Waals surface area contributed by atoms with E-state index in [4.69, 9.17) is 4.74 Å². The second kappa shape index (κ2) is 8.17. The summed E-state index contributed by atoms with van der Waals surface area (Å²) in [5.41, 5.74) is 3.10. The number of hydrogen-bond acceptors (Lipinski definition) is 3. The molecular weight excluding hydrogens is 326 g/mol. The topological polar surface area (TPSA) is 46.6 Å². The number of carbonyl (C=O) groups is 2. The van der Waals surface area contributed by atoms with Crippen molar-refractivity contribution in [1.29, 1.82) is 0 Å². The lowest BCUT2D eigenvalue weighted by Gasteiger charge is -2.25. The average molecular weight is 351 g/mol. The molecule has 26 heavy (non-hydrogen) atoms. The highest BCUT2D eigenvalue weighted by atomic mass is 16.5. The van der Waals surface area contributed by atoms with E-state index in [1.54, 1.807) is 24.3 Å². The zero-order chi connectivity index (χ0) is 18.5. The molecule has 1 atom stereocenters. The molecule has 1 aliphatic rings. The van der Waals surface area contributed by atoms with Crippen molar-refractivity contribution in [1.82, 2.24) is 4.90 Å². The molecule has 1 heterocycles. The van der Waals surface area contributed by atoms with Crippen molar-refractivity contribution in [3.63, 3.8) is 0 Å². The molecule has 0 aliphatic carbocycles. The first-order valence-corrected chi connectivity index (χ1v) is 9.12. The number of hydrogen-bond donors (Lipinski definition) is 0. The summed E-state index contributed by atoms with van der Waals surface area (Å²) in [6.07, 6.45) is 2.94. The van der Waals surface area contributed by atoms with Crippen LogP contribution in [0.15, 0.2) is 48.5 Å². The zero-order valence-electron chi connectivity index (χ0n) is 15.4. The van der Waals surface area contributed by atoms with Crippen LogP contribution in [0.4, 0.5) is 0 Å². The van der Waals surface area contributed by atoms with Crippen LogP contribution in [-0.4, -0.2) is 35.8 Å². The molecule has 1 aliphatic heterocycles. The number of ether oxygens (including phenoxy) is 1. The third kappa shape index (κ3) is 4.51. The lowest BCUT2D eigenvalue weighted by atomic mass is 10.0. The molecule has 0 bridgehead atoms. The molecule has 4 heteroatoms. The van der Waals surface area contributed by atoms with Gasteiger partial charge in [-0.25, -0.2) is 0 Å². The second-order valence-electron chi connectivity index (χ2n) is 6.95. The first-order valence-electron chi connectivity index (χ1n) is 9.12. The van der Waals surface area contributed by atoms with Gasteiger partial charge in [-0.3, -0.25) is 9.59 Å². The smallest absolute Gasteiger partial charge is 0.260 e. The van der Waals surface area contributed by atoms with Gasteiger partial charge in [-0.2, -0.15) is 0 Å². The van der Waals surface area contributed by atoms with Gasteiger partial charge >= 0.3 is 0 Å². The summed E-state index contributed by atoms with van der Waals surface area (Å²) in [4.78, 5) is 26.0. The van der Waals surface area contributed by atoms with Gasteiger partial charge in [0, 0.05) is 18.2 Å². The number of rotatable bonds is 6. The van der Waals surface area contributed by atoms with Gasteiger partial charge in [-0.1, -0.05) is 42.0 Å². The minimum absolute atomic E-state index is 0.00571. The van der Waals surface area contributed by atoms with Crippen molar-refractivity contribution >= 4 is 11.7 Å². The van der Waals surface area contributed by atoms with E-state index in [0.717, 1.165) is 25.8 Å². The van der Waals surface area contributed by atoms with Crippen molar-refractivity contribution in [3.8, 4) is 5.75 Å². The maximum atomic E-state index is 12.6. The molecule has 2 aromatic rings. The van der Waals surface area contributed by atoms with Gasteiger partial charge in [-0.15, -0.1) is 0 Å². The van der Waals surface area contributed by atoms with Crippen LogP contribution in [0.25, 0.3) is 0 Å². The largest absolute Gasteiger partial charge is 0.484 e. The van der Waals surface area contributed by atoms with E-state index in [9.17, 15) is 9.59 Å². The number of aryl methyl sites for hydroxylation is 1. The quantitative estimate of drug-likeness (QED) is 0.744. The van der Waals surface area contributed by atoms with Crippen molar-refractivity contribution < 1.29 is 14.3 Å². The fourth-order valence-corrected chi connectivity index (χ4v) is 3.41. The summed E-state index contributed by atoms with van der Waals surface area (Å²) >= 11 is 0. The second-order valence-corrected chi connectivity index (χ2v) is 6.95. The summed E-state index contributed by atoms with van der Waals surface area (Å²) in [6, 6.07) is 15.7. The summed E-state index contributed by atoms with van der Waals surface area (Å²) in [5.74, 6) is 0.549. The summed E-state index contributed by atoms with van der Waals surface area (Å²) in [5, 5.41) is 0. The fourth-order valence-electron chi connectivity index (χ4n) is 3.41. The number of ketones is 1. The predicted molar refractivity (Wildman–Crippen MR) is 102 cm³/mol. The Morgan fingerprint density at radius 3 is 2.65 bits per heavy atom. The third-order valence-electron chi connectivity index (χ3n) is 4.89. The first-order chi connectivity index (χ1) is 12.5. The molecule has 0 aromatic heterocycles. The number of nitrogens with zero attached hydrogens (tertiary/aromatic N) is 1. The number of amides is 1. The lowest BCUT2D eigenvalue weighted by Crippen LogP contribution is -2.39. The molecule has 2 aromatic carbocycles. The van der Waals surface area contributed by atoms with E-state index in [1.807, 2.05) is 4.90 Å². The van der Waals surface area contributed by atoms with E-state index < -0.39 is 0 Å². The number of benzene rings is 2.